The second-order valence-corrected chi connectivity index (χ2v) is 5.10. The van der Waals surface area contributed by atoms with E-state index in [0.717, 1.165) is 10.6 Å². The first kappa shape index (κ1) is 12.5. The van der Waals surface area contributed by atoms with E-state index in [2.05, 4.69) is 20.8 Å². The average molecular weight is 285 g/mol. The Labute approximate surface area is 119 Å². The number of nitrogens with zero attached hydrogens (tertiary/aromatic N) is 4. The minimum atomic E-state index is -0.117. The fraction of sp³-hybridized carbons (Fsp3) is 0.0769. The van der Waals surface area contributed by atoms with E-state index in [1.54, 1.807) is 29.5 Å². The van der Waals surface area contributed by atoms with Crippen LogP contribution >= 0.6 is 11.3 Å². The number of carbonyl (C=O) groups excluding carboxylic acids is 1. The molecule has 20 heavy (non-hydrogen) atoms. The number of hydrogen-bond donors (Lipinski definition) is 1. The zero-order valence-corrected chi connectivity index (χ0v) is 11.2. The number of aromatic nitrogens is 4. The van der Waals surface area contributed by atoms with Crippen molar-refractivity contribution in [2.24, 2.45) is 0 Å². The molecule has 3 rings (SSSR count). The van der Waals surface area contributed by atoms with Gasteiger partial charge in [-0.25, -0.2) is 4.68 Å². The molecule has 0 bridgehead atoms. The summed E-state index contributed by atoms with van der Waals surface area (Å²) < 4.78 is 1.51. The van der Waals surface area contributed by atoms with E-state index in [9.17, 15) is 4.79 Å². The summed E-state index contributed by atoms with van der Waals surface area (Å²) in [5.41, 5.74) is 1.33. The number of hydrogen-bond acceptors (Lipinski definition) is 5. The van der Waals surface area contributed by atoms with Crippen LogP contribution in [0.2, 0.25) is 0 Å². The molecule has 1 N–H and O–H groups in total. The lowest BCUT2D eigenvalue weighted by molar-refractivity contribution is 0.0951. The van der Waals surface area contributed by atoms with E-state index in [1.165, 1.54) is 11.0 Å². The summed E-state index contributed by atoms with van der Waals surface area (Å²) in [6.07, 6.45) is 1.49. The second kappa shape index (κ2) is 5.62. The van der Waals surface area contributed by atoms with Crippen molar-refractivity contribution in [1.29, 1.82) is 0 Å². The van der Waals surface area contributed by atoms with E-state index in [0.29, 0.717) is 12.1 Å². The van der Waals surface area contributed by atoms with Crippen LogP contribution in [-0.2, 0) is 6.54 Å². The zero-order chi connectivity index (χ0) is 13.8. The average Bonchev–Trinajstić information content (AvgIpc) is 3.18. The van der Waals surface area contributed by atoms with Crippen LogP contribution in [0.3, 0.4) is 0 Å². The van der Waals surface area contributed by atoms with E-state index in [-0.39, 0.29) is 5.91 Å². The molecule has 2 heterocycles. The molecule has 1 aromatic carbocycles. The van der Waals surface area contributed by atoms with Crippen molar-refractivity contribution in [1.82, 2.24) is 25.5 Å². The van der Waals surface area contributed by atoms with Gasteiger partial charge in [0.1, 0.15) is 6.33 Å². The molecule has 0 aliphatic carbocycles. The lowest BCUT2D eigenvalue weighted by Crippen LogP contribution is -2.22. The maximum Gasteiger partial charge on any atom is 0.251 e. The van der Waals surface area contributed by atoms with Crippen molar-refractivity contribution < 1.29 is 4.79 Å². The number of benzene rings is 1. The second-order valence-electron chi connectivity index (χ2n) is 4.07. The number of thiophene rings is 1. The summed E-state index contributed by atoms with van der Waals surface area (Å²) in [7, 11) is 0. The molecule has 0 saturated carbocycles. The lowest BCUT2D eigenvalue weighted by Gasteiger charge is -2.05. The normalized spacial score (nSPS) is 10.4. The molecule has 0 aliphatic heterocycles. The highest BCUT2D eigenvalue weighted by Gasteiger charge is 2.07. The summed E-state index contributed by atoms with van der Waals surface area (Å²) in [4.78, 5) is 13.2. The highest BCUT2D eigenvalue weighted by Crippen LogP contribution is 2.10. The van der Waals surface area contributed by atoms with Crippen molar-refractivity contribution in [3.63, 3.8) is 0 Å². The Morgan fingerprint density at radius 2 is 2.25 bits per heavy atom. The Kier molecular flexibility index (Phi) is 3.51. The van der Waals surface area contributed by atoms with Gasteiger partial charge in [0, 0.05) is 10.4 Å². The van der Waals surface area contributed by atoms with Gasteiger partial charge < -0.3 is 5.32 Å². The molecule has 0 fully saturated rings. The third kappa shape index (κ3) is 2.72. The van der Waals surface area contributed by atoms with Crippen LogP contribution in [-0.4, -0.2) is 26.1 Å². The molecule has 0 saturated heterocycles. The number of amides is 1. The summed E-state index contributed by atoms with van der Waals surface area (Å²) in [5.74, 6) is -0.117. The predicted molar refractivity (Wildman–Crippen MR) is 74.6 cm³/mol. The number of tetrazole rings is 1. The van der Waals surface area contributed by atoms with Crippen molar-refractivity contribution in [3.05, 3.63) is 58.5 Å². The van der Waals surface area contributed by atoms with Crippen LogP contribution in [0.15, 0.2) is 48.1 Å². The SMILES string of the molecule is O=C(NCc1cccs1)c1cccc(-n2cnnn2)c1. The van der Waals surface area contributed by atoms with Gasteiger partial charge >= 0.3 is 0 Å². The van der Waals surface area contributed by atoms with Crippen molar-refractivity contribution in [2.45, 2.75) is 6.54 Å². The number of carbonyl (C=O) groups is 1. The first-order valence-corrected chi connectivity index (χ1v) is 6.85. The van der Waals surface area contributed by atoms with Gasteiger partial charge in [-0.3, -0.25) is 4.79 Å². The smallest absolute Gasteiger partial charge is 0.251 e. The quantitative estimate of drug-likeness (QED) is 0.791. The van der Waals surface area contributed by atoms with Gasteiger partial charge in [-0.15, -0.1) is 16.4 Å². The Balaban J connectivity index is 1.73. The van der Waals surface area contributed by atoms with Gasteiger partial charge in [0.2, 0.25) is 0 Å². The van der Waals surface area contributed by atoms with Crippen LogP contribution in [0.5, 0.6) is 0 Å². The molecular formula is C13H11N5OS. The zero-order valence-electron chi connectivity index (χ0n) is 10.4. The predicted octanol–water partition coefficient (Wildman–Crippen LogP) is 1.65. The monoisotopic (exact) mass is 285 g/mol. The maximum atomic E-state index is 12.1. The van der Waals surface area contributed by atoms with E-state index < -0.39 is 0 Å². The van der Waals surface area contributed by atoms with Gasteiger partial charge in [-0.2, -0.15) is 0 Å². The standard InChI is InChI=1S/C13H11N5OS/c19-13(14-8-12-5-2-6-20-12)10-3-1-4-11(7-10)18-9-15-16-17-18/h1-7,9H,8H2,(H,14,19). The first-order chi connectivity index (χ1) is 9.83. The Morgan fingerprint density at radius 3 is 3.00 bits per heavy atom. The largest absolute Gasteiger partial charge is 0.347 e. The van der Waals surface area contributed by atoms with Crippen LogP contribution in [0, 0.1) is 0 Å². The molecule has 1 amide bonds. The molecule has 0 spiro atoms. The fourth-order valence-corrected chi connectivity index (χ4v) is 2.40. The summed E-state index contributed by atoms with van der Waals surface area (Å²) >= 11 is 1.62. The molecule has 0 aliphatic rings. The third-order valence-electron chi connectivity index (χ3n) is 2.73. The highest BCUT2D eigenvalue weighted by molar-refractivity contribution is 7.09. The maximum absolute atomic E-state index is 12.1. The Bertz CT molecular complexity index is 693. The fourth-order valence-electron chi connectivity index (χ4n) is 1.75. The lowest BCUT2D eigenvalue weighted by atomic mass is 10.2. The number of rotatable bonds is 4. The van der Waals surface area contributed by atoms with Crippen LogP contribution in [0.4, 0.5) is 0 Å². The van der Waals surface area contributed by atoms with E-state index in [1.807, 2.05) is 23.6 Å². The van der Waals surface area contributed by atoms with Crippen molar-refractivity contribution in [3.8, 4) is 5.69 Å². The van der Waals surface area contributed by atoms with Gasteiger partial charge in [-0.1, -0.05) is 12.1 Å². The first-order valence-electron chi connectivity index (χ1n) is 5.97. The van der Waals surface area contributed by atoms with Crippen molar-refractivity contribution >= 4 is 17.2 Å². The van der Waals surface area contributed by atoms with E-state index in [4.69, 9.17) is 0 Å². The molecule has 3 aromatic rings. The van der Waals surface area contributed by atoms with Crippen LogP contribution in [0.1, 0.15) is 15.2 Å². The minimum absolute atomic E-state index is 0.117. The molecule has 7 heteroatoms. The summed E-state index contributed by atoms with van der Waals surface area (Å²) in [5, 5.41) is 15.8. The molecule has 2 aromatic heterocycles. The highest BCUT2D eigenvalue weighted by atomic mass is 32.1. The third-order valence-corrected chi connectivity index (χ3v) is 3.60. The summed E-state index contributed by atoms with van der Waals surface area (Å²) in [6.45, 7) is 0.533. The summed E-state index contributed by atoms with van der Waals surface area (Å²) in [6, 6.07) is 11.1. The molecular weight excluding hydrogens is 274 g/mol. The molecule has 0 atom stereocenters. The minimum Gasteiger partial charge on any atom is -0.347 e. The van der Waals surface area contributed by atoms with Crippen LogP contribution < -0.4 is 5.32 Å². The van der Waals surface area contributed by atoms with Gasteiger partial charge in [0.05, 0.1) is 12.2 Å². The van der Waals surface area contributed by atoms with Gasteiger partial charge in [0.25, 0.3) is 5.91 Å². The van der Waals surface area contributed by atoms with E-state index >= 15 is 0 Å². The molecule has 0 radical (unpaired) electrons. The Morgan fingerprint density at radius 1 is 1.30 bits per heavy atom. The van der Waals surface area contributed by atoms with Gasteiger partial charge in [0.15, 0.2) is 0 Å². The number of nitrogens with one attached hydrogen (secondary N) is 1. The van der Waals surface area contributed by atoms with Gasteiger partial charge in [-0.05, 0) is 40.1 Å². The molecule has 6 nitrogen and oxygen atoms in total. The van der Waals surface area contributed by atoms with Crippen molar-refractivity contribution in [2.75, 3.05) is 0 Å². The topological polar surface area (TPSA) is 72.7 Å². The molecule has 0 unspecified atom stereocenters. The Hall–Kier alpha value is -2.54. The van der Waals surface area contributed by atoms with Crippen LogP contribution in [0.25, 0.3) is 5.69 Å². The molecule has 100 valence electrons.